The summed E-state index contributed by atoms with van der Waals surface area (Å²) in [6.45, 7) is 2.60. The number of anilines is 1. The van der Waals surface area contributed by atoms with E-state index in [1.54, 1.807) is 0 Å². The molecule has 0 aliphatic rings. The summed E-state index contributed by atoms with van der Waals surface area (Å²) in [7, 11) is 0. The summed E-state index contributed by atoms with van der Waals surface area (Å²) in [5, 5.41) is 8.94. The van der Waals surface area contributed by atoms with Crippen LogP contribution < -0.4 is 5.73 Å². The van der Waals surface area contributed by atoms with Crippen molar-refractivity contribution < 1.29 is 14.3 Å². The summed E-state index contributed by atoms with van der Waals surface area (Å²) in [5.74, 6) is -0.841. The highest BCUT2D eigenvalue weighted by molar-refractivity contribution is 9.10. The number of nitrogen functional groups attached to an aromatic ring is 1. The second kappa shape index (κ2) is 6.70. The smallest absolute Gasteiger partial charge is 0.255 e. The quantitative estimate of drug-likeness (QED) is 0.816. The molecule has 0 aromatic heterocycles. The Hall–Kier alpha value is -1.14. The van der Waals surface area contributed by atoms with Gasteiger partial charge in [0.25, 0.3) is 5.91 Å². The molecule has 3 N–H and O–H groups in total. The van der Waals surface area contributed by atoms with Gasteiger partial charge in [0.2, 0.25) is 0 Å². The average Bonchev–Trinajstić information content (AvgIpc) is 2.33. The molecular formula is C12H16BrFN2O2. The molecule has 100 valence electrons. The molecule has 1 amide bonds. The van der Waals surface area contributed by atoms with Gasteiger partial charge in [0.05, 0.1) is 17.9 Å². The van der Waals surface area contributed by atoms with Crippen LogP contribution in [0, 0.1) is 5.82 Å². The number of benzene rings is 1. The van der Waals surface area contributed by atoms with Crippen LogP contribution in [0.2, 0.25) is 0 Å². The van der Waals surface area contributed by atoms with Gasteiger partial charge in [0.15, 0.2) is 0 Å². The molecular weight excluding hydrogens is 303 g/mol. The third-order valence-electron chi connectivity index (χ3n) is 2.47. The molecule has 0 aliphatic heterocycles. The van der Waals surface area contributed by atoms with Crippen LogP contribution in [0.1, 0.15) is 23.7 Å². The highest BCUT2D eigenvalue weighted by atomic mass is 79.9. The van der Waals surface area contributed by atoms with Gasteiger partial charge in [-0.15, -0.1) is 0 Å². The van der Waals surface area contributed by atoms with Crippen LogP contribution in [-0.4, -0.2) is 35.6 Å². The molecule has 0 spiro atoms. The number of nitrogens with zero attached hydrogens (tertiary/aromatic N) is 1. The van der Waals surface area contributed by atoms with Crippen molar-refractivity contribution in [3.05, 3.63) is 28.0 Å². The molecule has 0 heterocycles. The van der Waals surface area contributed by atoms with Crippen LogP contribution >= 0.6 is 15.9 Å². The van der Waals surface area contributed by atoms with Crippen LogP contribution in [-0.2, 0) is 0 Å². The number of hydrogen-bond donors (Lipinski definition) is 2. The second-order valence-corrected chi connectivity index (χ2v) is 4.72. The molecule has 0 fully saturated rings. The van der Waals surface area contributed by atoms with E-state index in [-0.39, 0.29) is 24.7 Å². The molecule has 0 radical (unpaired) electrons. The molecule has 1 rings (SSSR count). The first-order valence-corrected chi connectivity index (χ1v) is 6.45. The number of rotatable bonds is 5. The Labute approximate surface area is 114 Å². The van der Waals surface area contributed by atoms with E-state index in [4.69, 9.17) is 10.8 Å². The maximum absolute atomic E-state index is 13.2. The molecule has 0 saturated heterocycles. The van der Waals surface area contributed by atoms with Gasteiger partial charge in [-0.3, -0.25) is 4.79 Å². The molecule has 0 unspecified atom stereocenters. The number of nitrogens with two attached hydrogens (primary N) is 1. The fourth-order valence-corrected chi connectivity index (χ4v) is 2.09. The highest BCUT2D eigenvalue weighted by Crippen LogP contribution is 2.24. The lowest BCUT2D eigenvalue weighted by molar-refractivity contribution is 0.0721. The Morgan fingerprint density at radius 3 is 2.72 bits per heavy atom. The van der Waals surface area contributed by atoms with E-state index in [1.165, 1.54) is 17.0 Å². The standard InChI is InChI=1S/C12H16BrFN2O2/c1-2-3-16(4-5-17)12(18)8-6-11(15)10(14)7-9(8)13/h6-7,17H,2-5,15H2,1H3. The summed E-state index contributed by atoms with van der Waals surface area (Å²) in [6.07, 6.45) is 0.778. The minimum atomic E-state index is -0.567. The third-order valence-corrected chi connectivity index (χ3v) is 3.12. The lowest BCUT2D eigenvalue weighted by Crippen LogP contribution is -2.34. The molecule has 1 aromatic rings. The fraction of sp³-hybridized carbons (Fsp3) is 0.417. The minimum absolute atomic E-state index is 0.0676. The number of carbonyl (C=O) groups excluding carboxylic acids is 1. The summed E-state index contributed by atoms with van der Waals surface area (Å²) in [4.78, 5) is 13.7. The predicted molar refractivity (Wildman–Crippen MR) is 71.8 cm³/mol. The van der Waals surface area contributed by atoms with E-state index in [2.05, 4.69) is 15.9 Å². The lowest BCUT2D eigenvalue weighted by Gasteiger charge is -2.21. The lowest BCUT2D eigenvalue weighted by atomic mass is 10.1. The SMILES string of the molecule is CCCN(CCO)C(=O)c1cc(N)c(F)cc1Br. The van der Waals surface area contributed by atoms with Crippen molar-refractivity contribution in [2.24, 2.45) is 0 Å². The van der Waals surface area contributed by atoms with Crippen molar-refractivity contribution in [2.45, 2.75) is 13.3 Å². The first-order chi connectivity index (χ1) is 8.51. The maximum atomic E-state index is 13.2. The van der Waals surface area contributed by atoms with Crippen molar-refractivity contribution in [1.82, 2.24) is 4.90 Å². The average molecular weight is 319 g/mol. The first kappa shape index (κ1) is 14.9. The van der Waals surface area contributed by atoms with E-state index < -0.39 is 5.82 Å². The molecule has 0 bridgehead atoms. The van der Waals surface area contributed by atoms with Crippen LogP contribution in [0.3, 0.4) is 0 Å². The van der Waals surface area contributed by atoms with Crippen molar-refractivity contribution >= 4 is 27.5 Å². The van der Waals surface area contributed by atoms with E-state index in [0.717, 1.165) is 6.42 Å². The molecule has 4 nitrogen and oxygen atoms in total. The summed E-state index contributed by atoms with van der Waals surface area (Å²) in [6, 6.07) is 2.48. The Kier molecular flexibility index (Phi) is 5.55. The third kappa shape index (κ3) is 3.43. The Morgan fingerprint density at radius 2 is 2.17 bits per heavy atom. The van der Waals surface area contributed by atoms with Crippen molar-refractivity contribution in [3.8, 4) is 0 Å². The summed E-state index contributed by atoms with van der Waals surface area (Å²) < 4.78 is 13.6. The van der Waals surface area contributed by atoms with Gasteiger partial charge < -0.3 is 15.7 Å². The van der Waals surface area contributed by atoms with Crippen molar-refractivity contribution in [3.63, 3.8) is 0 Å². The zero-order valence-electron chi connectivity index (χ0n) is 10.1. The van der Waals surface area contributed by atoms with Crippen molar-refractivity contribution in [2.75, 3.05) is 25.4 Å². The normalized spacial score (nSPS) is 10.4. The fourth-order valence-electron chi connectivity index (χ4n) is 1.61. The molecule has 6 heteroatoms. The highest BCUT2D eigenvalue weighted by Gasteiger charge is 2.18. The Morgan fingerprint density at radius 1 is 1.50 bits per heavy atom. The van der Waals surface area contributed by atoms with Gasteiger partial charge in [-0.25, -0.2) is 4.39 Å². The number of hydrogen-bond acceptors (Lipinski definition) is 3. The van der Waals surface area contributed by atoms with Gasteiger partial charge in [-0.2, -0.15) is 0 Å². The number of aliphatic hydroxyl groups excluding tert-OH is 1. The topological polar surface area (TPSA) is 66.6 Å². The Bertz CT molecular complexity index is 434. The summed E-state index contributed by atoms with van der Waals surface area (Å²) >= 11 is 3.15. The molecule has 18 heavy (non-hydrogen) atoms. The Balaban J connectivity index is 3.04. The number of amides is 1. The number of halogens is 2. The van der Waals surface area contributed by atoms with Crippen LogP contribution in [0.15, 0.2) is 16.6 Å². The zero-order valence-corrected chi connectivity index (χ0v) is 11.7. The maximum Gasteiger partial charge on any atom is 0.255 e. The molecule has 0 atom stereocenters. The van der Waals surface area contributed by atoms with Gasteiger partial charge in [-0.05, 0) is 34.5 Å². The molecule has 0 aliphatic carbocycles. The van der Waals surface area contributed by atoms with E-state index in [0.29, 0.717) is 16.6 Å². The van der Waals surface area contributed by atoms with Gasteiger partial charge in [0.1, 0.15) is 5.82 Å². The van der Waals surface area contributed by atoms with Crippen LogP contribution in [0.5, 0.6) is 0 Å². The monoisotopic (exact) mass is 318 g/mol. The van der Waals surface area contributed by atoms with Crippen LogP contribution in [0.25, 0.3) is 0 Å². The summed E-state index contributed by atoms with van der Waals surface area (Å²) in [5.41, 5.74) is 5.69. The predicted octanol–water partition coefficient (Wildman–Crippen LogP) is 2.01. The first-order valence-electron chi connectivity index (χ1n) is 5.65. The van der Waals surface area contributed by atoms with E-state index in [9.17, 15) is 9.18 Å². The zero-order chi connectivity index (χ0) is 13.7. The number of carbonyl (C=O) groups is 1. The van der Waals surface area contributed by atoms with Crippen LogP contribution in [0.4, 0.5) is 10.1 Å². The minimum Gasteiger partial charge on any atom is -0.396 e. The largest absolute Gasteiger partial charge is 0.396 e. The van der Waals surface area contributed by atoms with E-state index in [1.807, 2.05) is 6.92 Å². The van der Waals surface area contributed by atoms with Crippen molar-refractivity contribution in [1.29, 1.82) is 0 Å². The molecule has 1 aromatic carbocycles. The van der Waals surface area contributed by atoms with E-state index >= 15 is 0 Å². The second-order valence-electron chi connectivity index (χ2n) is 3.87. The number of aliphatic hydroxyl groups is 1. The van der Waals surface area contributed by atoms with Gasteiger partial charge >= 0.3 is 0 Å². The van der Waals surface area contributed by atoms with Gasteiger partial charge in [-0.1, -0.05) is 6.92 Å². The molecule has 0 saturated carbocycles. The van der Waals surface area contributed by atoms with Gasteiger partial charge in [0, 0.05) is 17.6 Å².